The van der Waals surface area contributed by atoms with Crippen molar-refractivity contribution >= 4 is 17.5 Å². The second kappa shape index (κ2) is 5.96. The summed E-state index contributed by atoms with van der Waals surface area (Å²) in [5.74, 6) is 0.188. The molecule has 5 heteroatoms. The number of amides is 2. The van der Waals surface area contributed by atoms with Gasteiger partial charge in [0, 0.05) is 42.3 Å². The van der Waals surface area contributed by atoms with Crippen molar-refractivity contribution in [3.05, 3.63) is 29.8 Å². The van der Waals surface area contributed by atoms with Crippen LogP contribution in [0.3, 0.4) is 0 Å². The minimum atomic E-state index is -0.0461. The van der Waals surface area contributed by atoms with Gasteiger partial charge in [-0.15, -0.1) is 0 Å². The Kier molecular flexibility index (Phi) is 3.81. The summed E-state index contributed by atoms with van der Waals surface area (Å²) in [5, 5.41) is 6.03. The second-order valence-electron chi connectivity index (χ2n) is 7.03. The summed E-state index contributed by atoms with van der Waals surface area (Å²) in [6, 6.07) is 8.23. The van der Waals surface area contributed by atoms with Crippen molar-refractivity contribution in [2.75, 3.05) is 18.4 Å². The number of hydrogen-bond acceptors (Lipinski definition) is 3. The zero-order chi connectivity index (χ0) is 15.8. The van der Waals surface area contributed by atoms with Crippen molar-refractivity contribution in [2.24, 2.45) is 5.92 Å². The first-order valence-electron chi connectivity index (χ1n) is 8.65. The van der Waals surface area contributed by atoms with Gasteiger partial charge in [0.1, 0.15) is 0 Å². The van der Waals surface area contributed by atoms with Crippen LogP contribution in [0.2, 0.25) is 0 Å². The molecule has 1 aromatic carbocycles. The largest absolute Gasteiger partial charge is 0.348 e. The van der Waals surface area contributed by atoms with Crippen LogP contribution in [0.25, 0.3) is 0 Å². The first kappa shape index (κ1) is 14.7. The number of carbonyl (C=O) groups is 2. The van der Waals surface area contributed by atoms with Gasteiger partial charge < -0.3 is 10.6 Å². The lowest BCUT2D eigenvalue weighted by Gasteiger charge is -2.16. The number of carbonyl (C=O) groups excluding carboxylic acids is 2. The van der Waals surface area contributed by atoms with Gasteiger partial charge in [0.25, 0.3) is 5.91 Å². The number of anilines is 1. The highest BCUT2D eigenvalue weighted by Gasteiger charge is 2.35. The summed E-state index contributed by atoms with van der Waals surface area (Å²) in [4.78, 5) is 26.7. The first-order valence-corrected chi connectivity index (χ1v) is 8.65. The van der Waals surface area contributed by atoms with Crippen molar-refractivity contribution in [1.29, 1.82) is 0 Å². The van der Waals surface area contributed by atoms with Gasteiger partial charge in [-0.1, -0.05) is 6.07 Å². The van der Waals surface area contributed by atoms with E-state index in [2.05, 4.69) is 15.5 Å². The lowest BCUT2D eigenvalue weighted by atomic mass is 10.1. The van der Waals surface area contributed by atoms with E-state index in [4.69, 9.17) is 0 Å². The fourth-order valence-electron chi connectivity index (χ4n) is 3.27. The van der Waals surface area contributed by atoms with Crippen LogP contribution in [0.1, 0.15) is 42.5 Å². The molecule has 0 spiro atoms. The van der Waals surface area contributed by atoms with Gasteiger partial charge in [0.15, 0.2) is 0 Å². The van der Waals surface area contributed by atoms with Gasteiger partial charge in [-0.25, -0.2) is 0 Å². The van der Waals surface area contributed by atoms with E-state index in [1.807, 2.05) is 12.1 Å². The zero-order valence-corrected chi connectivity index (χ0v) is 13.3. The highest BCUT2D eigenvalue weighted by atomic mass is 16.2. The van der Waals surface area contributed by atoms with Crippen LogP contribution in [-0.4, -0.2) is 41.9 Å². The molecule has 1 aromatic rings. The van der Waals surface area contributed by atoms with Crippen LogP contribution < -0.4 is 10.6 Å². The Morgan fingerprint density at radius 1 is 1.09 bits per heavy atom. The summed E-state index contributed by atoms with van der Waals surface area (Å²) in [5.41, 5.74) is 1.32. The molecule has 1 heterocycles. The van der Waals surface area contributed by atoms with E-state index in [-0.39, 0.29) is 23.8 Å². The smallest absolute Gasteiger partial charge is 0.251 e. The molecule has 0 radical (unpaired) electrons. The topological polar surface area (TPSA) is 61.4 Å². The predicted molar refractivity (Wildman–Crippen MR) is 88.3 cm³/mol. The normalized spacial score (nSPS) is 24.4. The molecular weight excluding hydrogens is 290 g/mol. The zero-order valence-electron chi connectivity index (χ0n) is 13.3. The van der Waals surface area contributed by atoms with Crippen molar-refractivity contribution in [3.8, 4) is 0 Å². The third-order valence-electron chi connectivity index (χ3n) is 4.96. The quantitative estimate of drug-likeness (QED) is 0.874. The number of benzene rings is 1. The lowest BCUT2D eigenvalue weighted by Crippen LogP contribution is -2.37. The SMILES string of the molecule is O=C(N[C@H]1CCN(C2CC2)C1)c1cccc(NC(=O)C2CC2)c1. The molecule has 1 aliphatic heterocycles. The molecular formula is C18H23N3O2. The maximum atomic E-state index is 12.4. The van der Waals surface area contributed by atoms with Gasteiger partial charge in [-0.05, 0) is 50.3 Å². The maximum Gasteiger partial charge on any atom is 0.251 e. The van der Waals surface area contributed by atoms with Gasteiger partial charge in [0.05, 0.1) is 0 Å². The maximum absolute atomic E-state index is 12.4. The lowest BCUT2D eigenvalue weighted by molar-refractivity contribution is -0.117. The molecule has 3 aliphatic rings. The summed E-state index contributed by atoms with van der Waals surface area (Å²) in [6.07, 6.45) is 5.60. The van der Waals surface area contributed by atoms with Crippen molar-refractivity contribution in [3.63, 3.8) is 0 Å². The molecule has 2 aliphatic carbocycles. The van der Waals surface area contributed by atoms with Crippen LogP contribution >= 0.6 is 0 Å². The van der Waals surface area contributed by atoms with Gasteiger partial charge in [0.2, 0.25) is 5.91 Å². The van der Waals surface area contributed by atoms with Gasteiger partial charge in [-0.2, -0.15) is 0 Å². The Bertz CT molecular complexity index is 622. The standard InChI is InChI=1S/C18H23N3O2/c22-17(12-4-5-12)19-14-3-1-2-13(10-14)18(23)20-15-8-9-21(11-15)16-6-7-16/h1-3,10,12,15-16H,4-9,11H2,(H,19,22)(H,20,23)/t15-/m0/s1. The van der Waals surface area contributed by atoms with Crippen molar-refractivity contribution in [1.82, 2.24) is 10.2 Å². The molecule has 5 nitrogen and oxygen atoms in total. The number of nitrogens with one attached hydrogen (secondary N) is 2. The minimum Gasteiger partial charge on any atom is -0.348 e. The number of likely N-dealkylation sites (tertiary alicyclic amines) is 1. The summed E-state index contributed by atoms with van der Waals surface area (Å²) in [6.45, 7) is 2.06. The highest BCUT2D eigenvalue weighted by Crippen LogP contribution is 2.31. The molecule has 2 N–H and O–H groups in total. The Hall–Kier alpha value is -1.88. The molecule has 1 atom stereocenters. The fraction of sp³-hybridized carbons (Fsp3) is 0.556. The monoisotopic (exact) mass is 313 g/mol. The molecule has 2 amide bonds. The van der Waals surface area contributed by atoms with E-state index in [1.165, 1.54) is 12.8 Å². The highest BCUT2D eigenvalue weighted by molar-refractivity contribution is 5.98. The van der Waals surface area contributed by atoms with Crippen LogP contribution in [0.5, 0.6) is 0 Å². The molecule has 1 saturated heterocycles. The van der Waals surface area contributed by atoms with E-state index in [0.717, 1.165) is 38.4 Å². The molecule has 23 heavy (non-hydrogen) atoms. The summed E-state index contributed by atoms with van der Waals surface area (Å²) >= 11 is 0. The second-order valence-corrected chi connectivity index (χ2v) is 7.03. The van der Waals surface area contributed by atoms with Gasteiger partial charge in [-0.3, -0.25) is 14.5 Å². The molecule has 3 fully saturated rings. The third kappa shape index (κ3) is 3.55. The summed E-state index contributed by atoms with van der Waals surface area (Å²) < 4.78 is 0. The number of hydrogen-bond donors (Lipinski definition) is 2. The molecule has 0 unspecified atom stereocenters. The van der Waals surface area contributed by atoms with E-state index < -0.39 is 0 Å². The van der Waals surface area contributed by atoms with Crippen LogP contribution in [-0.2, 0) is 4.79 Å². The molecule has 0 aromatic heterocycles. The molecule has 2 saturated carbocycles. The van der Waals surface area contributed by atoms with E-state index in [9.17, 15) is 9.59 Å². The van der Waals surface area contributed by atoms with Crippen LogP contribution in [0.15, 0.2) is 24.3 Å². The minimum absolute atomic E-state index is 0.0461. The van der Waals surface area contributed by atoms with Crippen molar-refractivity contribution < 1.29 is 9.59 Å². The van der Waals surface area contributed by atoms with Crippen LogP contribution in [0.4, 0.5) is 5.69 Å². The van der Waals surface area contributed by atoms with E-state index in [0.29, 0.717) is 11.3 Å². The fourth-order valence-corrected chi connectivity index (χ4v) is 3.27. The predicted octanol–water partition coefficient (Wildman–Crippen LogP) is 2.00. The average Bonchev–Trinajstić information content (AvgIpc) is 3.46. The average molecular weight is 313 g/mol. The van der Waals surface area contributed by atoms with Gasteiger partial charge >= 0.3 is 0 Å². The van der Waals surface area contributed by atoms with E-state index >= 15 is 0 Å². The first-order chi connectivity index (χ1) is 11.2. The summed E-state index contributed by atoms with van der Waals surface area (Å²) in [7, 11) is 0. The van der Waals surface area contributed by atoms with Crippen LogP contribution in [0, 0.1) is 5.92 Å². The Morgan fingerprint density at radius 2 is 1.91 bits per heavy atom. The molecule has 4 rings (SSSR count). The van der Waals surface area contributed by atoms with Crippen molar-refractivity contribution in [2.45, 2.75) is 44.2 Å². The Morgan fingerprint density at radius 3 is 2.65 bits per heavy atom. The van der Waals surface area contributed by atoms with E-state index in [1.54, 1.807) is 12.1 Å². The third-order valence-corrected chi connectivity index (χ3v) is 4.96. The molecule has 0 bridgehead atoms. The Labute approximate surface area is 136 Å². The Balaban J connectivity index is 1.35. The number of rotatable bonds is 5. The number of nitrogens with zero attached hydrogens (tertiary/aromatic N) is 1. The molecule has 122 valence electrons.